The van der Waals surface area contributed by atoms with E-state index >= 15 is 0 Å². The molecule has 0 bridgehead atoms. The number of thiazole rings is 1. The van der Waals surface area contributed by atoms with E-state index in [-0.39, 0.29) is 18.3 Å². The number of rotatable bonds is 9. The summed E-state index contributed by atoms with van der Waals surface area (Å²) in [6, 6.07) is 12.6. The zero-order valence-electron chi connectivity index (χ0n) is 22.5. The van der Waals surface area contributed by atoms with Gasteiger partial charge in [-0.05, 0) is 75.4 Å². The second kappa shape index (κ2) is 12.4. The Morgan fingerprint density at radius 1 is 1.21 bits per heavy atom. The number of allylic oxidation sites excluding steroid dienone is 1. The van der Waals surface area contributed by atoms with Crippen molar-refractivity contribution in [2.75, 3.05) is 19.5 Å². The molecule has 0 unspecified atom stereocenters. The van der Waals surface area contributed by atoms with Gasteiger partial charge in [0.2, 0.25) is 0 Å². The quantitative estimate of drug-likeness (QED) is 0.220. The molecule has 2 heterocycles. The third kappa shape index (κ3) is 6.13. The van der Waals surface area contributed by atoms with Gasteiger partial charge in [0.05, 0.1) is 34.6 Å². The van der Waals surface area contributed by atoms with Gasteiger partial charge in [-0.1, -0.05) is 35.5 Å². The van der Waals surface area contributed by atoms with Gasteiger partial charge in [-0.3, -0.25) is 9.36 Å². The van der Waals surface area contributed by atoms with Crippen molar-refractivity contribution in [2.45, 2.75) is 44.7 Å². The van der Waals surface area contributed by atoms with Gasteiger partial charge in [-0.15, -0.1) is 18.2 Å². The van der Waals surface area contributed by atoms with Crippen molar-refractivity contribution < 1.29 is 19.0 Å². The van der Waals surface area contributed by atoms with E-state index in [1.807, 2.05) is 49.6 Å². The number of hydrogen-bond donors (Lipinski definition) is 0. The van der Waals surface area contributed by atoms with E-state index in [1.54, 1.807) is 49.2 Å². The van der Waals surface area contributed by atoms with Crippen molar-refractivity contribution in [2.24, 2.45) is 4.99 Å². The highest BCUT2D eigenvalue weighted by atomic mass is 32.2. The molecule has 0 spiro atoms. The lowest BCUT2D eigenvalue weighted by atomic mass is 9.96. The second-order valence-corrected chi connectivity index (χ2v) is 10.8. The molecule has 4 rings (SSSR count). The topological polar surface area (TPSA) is 79.1 Å². The molecule has 9 heteroatoms. The first kappa shape index (κ1) is 28.3. The smallest absolute Gasteiger partial charge is 0.338 e. The molecular formula is C30H30N2O5S2. The van der Waals surface area contributed by atoms with Gasteiger partial charge in [0.25, 0.3) is 5.56 Å². The molecular weight excluding hydrogens is 532 g/mol. The number of aromatic nitrogens is 1. The van der Waals surface area contributed by atoms with E-state index in [4.69, 9.17) is 20.6 Å². The first-order valence-electron chi connectivity index (χ1n) is 12.5. The Balaban J connectivity index is 1.87. The van der Waals surface area contributed by atoms with Gasteiger partial charge in [-0.2, -0.15) is 0 Å². The lowest BCUT2D eigenvalue weighted by molar-refractivity contribution is -0.143. The minimum absolute atomic E-state index is 0.122. The molecule has 1 atom stereocenters. The van der Waals surface area contributed by atoms with E-state index in [2.05, 4.69) is 10.9 Å². The predicted molar refractivity (Wildman–Crippen MR) is 155 cm³/mol. The molecule has 0 saturated carbocycles. The van der Waals surface area contributed by atoms with Gasteiger partial charge in [0.15, 0.2) is 16.3 Å². The number of esters is 1. The van der Waals surface area contributed by atoms with E-state index < -0.39 is 12.0 Å². The highest BCUT2D eigenvalue weighted by Crippen LogP contribution is 2.32. The Kier molecular flexibility index (Phi) is 9.00. The summed E-state index contributed by atoms with van der Waals surface area (Å²) in [7, 11) is 0. The first-order valence-corrected chi connectivity index (χ1v) is 14.5. The molecule has 0 amide bonds. The number of ether oxygens (including phenoxy) is 3. The monoisotopic (exact) mass is 562 g/mol. The first-order chi connectivity index (χ1) is 18.8. The largest absolute Gasteiger partial charge is 0.490 e. The minimum Gasteiger partial charge on any atom is -0.490 e. The molecule has 0 radical (unpaired) electrons. The van der Waals surface area contributed by atoms with Crippen LogP contribution in [0, 0.1) is 12.3 Å². The molecule has 3 aromatic rings. The number of benzene rings is 2. The van der Waals surface area contributed by atoms with Crippen LogP contribution in [-0.4, -0.2) is 36.1 Å². The van der Waals surface area contributed by atoms with Crippen molar-refractivity contribution in [3.05, 3.63) is 84.5 Å². The Hall–Kier alpha value is -3.74. The van der Waals surface area contributed by atoms with E-state index in [0.29, 0.717) is 38.7 Å². The summed E-state index contributed by atoms with van der Waals surface area (Å²) in [5.74, 6) is 3.04. The van der Waals surface area contributed by atoms with Crippen LogP contribution in [0.1, 0.15) is 44.9 Å². The van der Waals surface area contributed by atoms with Crippen LogP contribution in [0.2, 0.25) is 0 Å². The van der Waals surface area contributed by atoms with Crippen LogP contribution < -0.4 is 24.4 Å². The summed E-state index contributed by atoms with van der Waals surface area (Å²) < 4.78 is 18.9. The van der Waals surface area contributed by atoms with Crippen molar-refractivity contribution >= 4 is 35.1 Å². The summed E-state index contributed by atoms with van der Waals surface area (Å²) in [5.41, 5.74) is 2.20. The number of hydrogen-bond acceptors (Lipinski definition) is 8. The van der Waals surface area contributed by atoms with Gasteiger partial charge in [-0.25, -0.2) is 9.79 Å². The van der Waals surface area contributed by atoms with E-state index in [9.17, 15) is 9.59 Å². The summed E-state index contributed by atoms with van der Waals surface area (Å²) in [6.45, 7) is 7.82. The minimum atomic E-state index is -0.663. The Labute approximate surface area is 235 Å². The van der Waals surface area contributed by atoms with Gasteiger partial charge in [0, 0.05) is 4.90 Å². The Morgan fingerprint density at radius 3 is 2.59 bits per heavy atom. The molecule has 0 saturated heterocycles. The summed E-state index contributed by atoms with van der Waals surface area (Å²) >= 11 is 2.89. The molecule has 0 aliphatic carbocycles. The standard InChI is InChI=1S/C30H30N2O5S2/c1-7-15-36-23-14-9-20(16-24(23)35-8-2)17-25-28(33)32-27(21-10-12-22(38-6)13-11-21)26(29(34)37-18(3)4)19(5)31-30(32)39-25/h1,9-14,16-18,27H,8,15H2,2-6H3/b25-17-/t27-/m1/s1. The highest BCUT2D eigenvalue weighted by Gasteiger charge is 2.33. The Morgan fingerprint density at radius 2 is 1.95 bits per heavy atom. The predicted octanol–water partition coefficient (Wildman–Crippen LogP) is 4.32. The van der Waals surface area contributed by atoms with Gasteiger partial charge >= 0.3 is 5.97 Å². The normalized spacial score (nSPS) is 15.0. The molecule has 0 fully saturated rings. The lowest BCUT2D eigenvalue weighted by Gasteiger charge is -2.25. The fourth-order valence-corrected chi connectivity index (χ4v) is 5.69. The zero-order chi connectivity index (χ0) is 28.1. The van der Waals surface area contributed by atoms with Crippen molar-refractivity contribution in [3.8, 4) is 23.8 Å². The van der Waals surface area contributed by atoms with Crippen LogP contribution in [0.25, 0.3) is 6.08 Å². The summed E-state index contributed by atoms with van der Waals surface area (Å²) in [4.78, 5) is 33.4. The van der Waals surface area contributed by atoms with Crippen molar-refractivity contribution in [1.82, 2.24) is 4.57 Å². The second-order valence-electron chi connectivity index (χ2n) is 8.94. The van der Waals surface area contributed by atoms with Crippen LogP contribution in [0.3, 0.4) is 0 Å². The maximum atomic E-state index is 13.9. The van der Waals surface area contributed by atoms with Gasteiger partial charge < -0.3 is 14.2 Å². The van der Waals surface area contributed by atoms with Gasteiger partial charge in [0.1, 0.15) is 6.61 Å². The fraction of sp³-hybridized carbons (Fsp3) is 0.300. The molecule has 39 heavy (non-hydrogen) atoms. The fourth-order valence-electron chi connectivity index (χ4n) is 4.23. The zero-order valence-corrected chi connectivity index (χ0v) is 24.2. The SMILES string of the molecule is C#CCOc1ccc(/C=c2\sc3n(c2=O)[C@H](c2ccc(SC)cc2)C(C(=O)OC(C)C)=C(C)N=3)cc1OCC. The molecule has 1 aliphatic rings. The third-order valence-electron chi connectivity index (χ3n) is 5.89. The number of nitrogens with zero attached hydrogens (tertiary/aromatic N) is 2. The van der Waals surface area contributed by atoms with Crippen molar-refractivity contribution in [3.63, 3.8) is 0 Å². The van der Waals surface area contributed by atoms with E-state index in [1.165, 1.54) is 11.3 Å². The average Bonchev–Trinajstić information content (AvgIpc) is 3.21. The molecule has 2 aromatic carbocycles. The molecule has 1 aromatic heterocycles. The maximum Gasteiger partial charge on any atom is 0.338 e. The van der Waals surface area contributed by atoms with Crippen LogP contribution >= 0.6 is 23.1 Å². The summed E-state index contributed by atoms with van der Waals surface area (Å²) in [5, 5.41) is 0. The number of carbonyl (C=O) groups is 1. The van der Waals surface area contributed by atoms with E-state index in [0.717, 1.165) is 16.0 Å². The molecule has 0 N–H and O–H groups in total. The number of fused-ring (bicyclic) bond motifs is 1. The lowest BCUT2D eigenvalue weighted by Crippen LogP contribution is -2.40. The van der Waals surface area contributed by atoms with Crippen molar-refractivity contribution in [1.29, 1.82) is 0 Å². The summed E-state index contributed by atoms with van der Waals surface area (Å²) in [6.07, 6.45) is 8.80. The number of terminal acetylenes is 1. The van der Waals surface area contributed by atoms with Crippen LogP contribution in [0.5, 0.6) is 11.5 Å². The third-order valence-corrected chi connectivity index (χ3v) is 7.62. The van der Waals surface area contributed by atoms with Crippen LogP contribution in [0.4, 0.5) is 0 Å². The number of thioether (sulfide) groups is 1. The molecule has 202 valence electrons. The van der Waals surface area contributed by atoms with Crippen LogP contribution in [0.15, 0.2) is 68.4 Å². The molecule has 7 nitrogen and oxygen atoms in total. The average molecular weight is 563 g/mol. The number of carbonyl (C=O) groups excluding carboxylic acids is 1. The highest BCUT2D eigenvalue weighted by molar-refractivity contribution is 7.98. The maximum absolute atomic E-state index is 13.9. The molecule has 1 aliphatic heterocycles. The Bertz CT molecular complexity index is 1630. The van der Waals surface area contributed by atoms with Crippen LogP contribution in [-0.2, 0) is 9.53 Å².